The minimum absolute atomic E-state index is 0.0524. The molecule has 1 amide bonds. The van der Waals surface area contributed by atoms with Crippen LogP contribution in [0.2, 0.25) is 0 Å². The third kappa shape index (κ3) is 7.14. The van der Waals surface area contributed by atoms with Crippen molar-refractivity contribution in [3.05, 3.63) is 0 Å². The minimum Gasteiger partial charge on any atom is -0.469 e. The Kier molecular flexibility index (Phi) is 8.69. The number of hydrogen-bond acceptors (Lipinski definition) is 5. The molecule has 0 spiro atoms. The highest BCUT2D eigenvalue weighted by Gasteiger charge is 2.19. The Morgan fingerprint density at radius 3 is 2.90 bits per heavy atom. The van der Waals surface area contributed by atoms with Gasteiger partial charge in [-0.25, -0.2) is 0 Å². The summed E-state index contributed by atoms with van der Waals surface area (Å²) in [7, 11) is 1.38. The Balaban J connectivity index is 2.18. The Labute approximate surface area is 125 Å². The lowest BCUT2D eigenvalue weighted by Crippen LogP contribution is -2.40. The number of ether oxygens (including phenoxy) is 1. The van der Waals surface area contributed by atoms with E-state index in [1.807, 2.05) is 11.8 Å². The summed E-state index contributed by atoms with van der Waals surface area (Å²) in [6.07, 6.45) is 6.80. The molecule has 1 saturated heterocycles. The smallest absolute Gasteiger partial charge is 0.305 e. The quantitative estimate of drug-likeness (QED) is 0.567. The zero-order valence-electron chi connectivity index (χ0n) is 12.5. The molecule has 20 heavy (non-hydrogen) atoms. The lowest BCUT2D eigenvalue weighted by Gasteiger charge is -2.22. The van der Waals surface area contributed by atoms with E-state index in [9.17, 15) is 9.59 Å². The van der Waals surface area contributed by atoms with Crippen molar-refractivity contribution in [1.82, 2.24) is 10.2 Å². The van der Waals surface area contributed by atoms with Gasteiger partial charge in [0.2, 0.25) is 5.91 Å². The average molecular weight is 302 g/mol. The van der Waals surface area contributed by atoms with Gasteiger partial charge in [-0.1, -0.05) is 6.42 Å². The number of nitrogens with one attached hydrogen (secondary N) is 1. The van der Waals surface area contributed by atoms with Gasteiger partial charge in [0.05, 0.1) is 13.7 Å². The van der Waals surface area contributed by atoms with Crippen molar-refractivity contribution in [2.75, 3.05) is 39.5 Å². The molecule has 0 bridgehead atoms. The Hall–Kier alpha value is -0.750. The van der Waals surface area contributed by atoms with Gasteiger partial charge in [0, 0.05) is 24.8 Å². The van der Waals surface area contributed by atoms with Crippen molar-refractivity contribution in [2.45, 2.75) is 37.4 Å². The topological polar surface area (TPSA) is 58.6 Å². The highest BCUT2D eigenvalue weighted by atomic mass is 32.2. The van der Waals surface area contributed by atoms with Crippen LogP contribution in [-0.4, -0.2) is 61.6 Å². The third-order valence-electron chi connectivity index (χ3n) is 3.52. The van der Waals surface area contributed by atoms with Gasteiger partial charge in [0.15, 0.2) is 0 Å². The van der Waals surface area contributed by atoms with Crippen molar-refractivity contribution in [3.63, 3.8) is 0 Å². The molecule has 0 aliphatic carbocycles. The monoisotopic (exact) mass is 302 g/mol. The first-order chi connectivity index (χ1) is 9.65. The molecule has 1 rings (SSSR count). The van der Waals surface area contributed by atoms with Crippen LogP contribution in [-0.2, 0) is 14.3 Å². The van der Waals surface area contributed by atoms with Gasteiger partial charge in [-0.3, -0.25) is 14.5 Å². The number of amides is 1. The maximum absolute atomic E-state index is 11.9. The van der Waals surface area contributed by atoms with Gasteiger partial charge in [-0.2, -0.15) is 11.8 Å². The highest BCUT2D eigenvalue weighted by Crippen LogP contribution is 2.19. The van der Waals surface area contributed by atoms with E-state index in [4.69, 9.17) is 0 Å². The molecule has 1 atom stereocenters. The maximum Gasteiger partial charge on any atom is 0.305 e. The summed E-state index contributed by atoms with van der Waals surface area (Å²) in [5.74, 6) is -0.175. The fraction of sp³-hybridized carbons (Fsp3) is 0.857. The summed E-state index contributed by atoms with van der Waals surface area (Å²) in [5, 5.41) is 3.51. The standard InChI is InChI=1S/C14H26N2O3S/c1-19-14(18)7-5-8-15-13(17)11-16-9-4-3-6-12(10-16)20-2/h12H,3-11H2,1-2H3,(H,15,17)/t12-/m1/s1. The first kappa shape index (κ1) is 17.3. The van der Waals surface area contributed by atoms with Crippen LogP contribution in [0.5, 0.6) is 0 Å². The number of nitrogens with zero attached hydrogens (tertiary/aromatic N) is 1. The van der Waals surface area contributed by atoms with Crippen LogP contribution in [0.25, 0.3) is 0 Å². The molecule has 6 heteroatoms. The molecule has 1 aliphatic heterocycles. The highest BCUT2D eigenvalue weighted by molar-refractivity contribution is 7.99. The van der Waals surface area contributed by atoms with Crippen molar-refractivity contribution < 1.29 is 14.3 Å². The molecule has 0 aromatic rings. The van der Waals surface area contributed by atoms with Gasteiger partial charge in [0.1, 0.15) is 0 Å². The number of esters is 1. The predicted octanol–water partition coefficient (Wildman–Crippen LogP) is 1.27. The van der Waals surface area contributed by atoms with Crippen LogP contribution in [0.4, 0.5) is 0 Å². The normalized spacial score (nSPS) is 20.2. The van der Waals surface area contributed by atoms with E-state index in [0.717, 1.165) is 13.1 Å². The first-order valence-corrected chi connectivity index (χ1v) is 8.53. The van der Waals surface area contributed by atoms with Gasteiger partial charge in [-0.15, -0.1) is 0 Å². The number of thioether (sulfide) groups is 1. The van der Waals surface area contributed by atoms with E-state index in [1.54, 1.807) is 0 Å². The van der Waals surface area contributed by atoms with Crippen molar-refractivity contribution in [3.8, 4) is 0 Å². The fourth-order valence-electron chi connectivity index (χ4n) is 2.34. The number of carbonyl (C=O) groups excluding carboxylic acids is 2. The molecule has 0 aromatic carbocycles. The summed E-state index contributed by atoms with van der Waals surface area (Å²) in [4.78, 5) is 25.0. The number of carbonyl (C=O) groups is 2. The molecule has 1 fully saturated rings. The second-order valence-corrected chi connectivity index (χ2v) is 6.26. The van der Waals surface area contributed by atoms with Crippen molar-refractivity contribution >= 4 is 23.6 Å². The van der Waals surface area contributed by atoms with Crippen LogP contribution in [0.15, 0.2) is 0 Å². The molecule has 116 valence electrons. The molecule has 5 nitrogen and oxygen atoms in total. The third-order valence-corrected chi connectivity index (χ3v) is 4.57. The molecule has 1 aliphatic rings. The zero-order chi connectivity index (χ0) is 14.8. The van der Waals surface area contributed by atoms with E-state index < -0.39 is 0 Å². The number of hydrogen-bond donors (Lipinski definition) is 1. The molecular formula is C14H26N2O3S. The van der Waals surface area contributed by atoms with Crippen molar-refractivity contribution in [2.24, 2.45) is 0 Å². The molecule has 1 N–H and O–H groups in total. The SMILES string of the molecule is COC(=O)CCCNC(=O)CN1CCCC[C@@H](SC)C1. The molecule has 0 aromatic heterocycles. The average Bonchev–Trinajstić information content (AvgIpc) is 2.68. The summed E-state index contributed by atoms with van der Waals surface area (Å²) in [6, 6.07) is 0. The molecule has 0 unspecified atom stereocenters. The second kappa shape index (κ2) is 10.0. The van der Waals surface area contributed by atoms with Crippen LogP contribution in [0.1, 0.15) is 32.1 Å². The summed E-state index contributed by atoms with van der Waals surface area (Å²) < 4.78 is 4.55. The first-order valence-electron chi connectivity index (χ1n) is 7.24. The molecular weight excluding hydrogens is 276 g/mol. The lowest BCUT2D eigenvalue weighted by molar-refractivity contribution is -0.140. The Bertz CT molecular complexity index is 313. The van der Waals surface area contributed by atoms with E-state index in [-0.39, 0.29) is 11.9 Å². The summed E-state index contributed by atoms with van der Waals surface area (Å²) in [5.41, 5.74) is 0. The Morgan fingerprint density at radius 2 is 2.20 bits per heavy atom. The minimum atomic E-state index is -0.227. The van der Waals surface area contributed by atoms with Crippen LogP contribution >= 0.6 is 11.8 Å². The van der Waals surface area contributed by atoms with Crippen molar-refractivity contribution in [1.29, 1.82) is 0 Å². The van der Waals surface area contributed by atoms with Gasteiger partial charge >= 0.3 is 5.97 Å². The molecule has 1 heterocycles. The van der Waals surface area contributed by atoms with E-state index in [2.05, 4.69) is 21.2 Å². The van der Waals surface area contributed by atoms with E-state index in [1.165, 1.54) is 26.4 Å². The fourth-order valence-corrected chi connectivity index (χ4v) is 3.10. The Morgan fingerprint density at radius 1 is 1.40 bits per heavy atom. The summed E-state index contributed by atoms with van der Waals surface area (Å²) in [6.45, 7) is 3.01. The second-order valence-electron chi connectivity index (χ2n) is 5.12. The van der Waals surface area contributed by atoms with Crippen LogP contribution in [0.3, 0.4) is 0 Å². The number of methoxy groups -OCH3 is 1. The van der Waals surface area contributed by atoms with Gasteiger partial charge < -0.3 is 10.1 Å². The van der Waals surface area contributed by atoms with E-state index >= 15 is 0 Å². The number of rotatable bonds is 7. The zero-order valence-corrected chi connectivity index (χ0v) is 13.3. The van der Waals surface area contributed by atoms with Crippen LogP contribution in [0, 0.1) is 0 Å². The molecule has 0 radical (unpaired) electrons. The maximum atomic E-state index is 11.9. The largest absolute Gasteiger partial charge is 0.469 e. The van der Waals surface area contributed by atoms with Gasteiger partial charge in [-0.05, 0) is 32.1 Å². The van der Waals surface area contributed by atoms with Gasteiger partial charge in [0.25, 0.3) is 0 Å². The van der Waals surface area contributed by atoms with E-state index in [0.29, 0.717) is 31.2 Å². The summed E-state index contributed by atoms with van der Waals surface area (Å²) >= 11 is 1.89. The number of likely N-dealkylation sites (tertiary alicyclic amines) is 1. The predicted molar refractivity (Wildman–Crippen MR) is 81.9 cm³/mol. The molecule has 0 saturated carbocycles. The lowest BCUT2D eigenvalue weighted by atomic mass is 10.2. The van der Waals surface area contributed by atoms with Crippen LogP contribution < -0.4 is 5.32 Å².